The molecule has 15 heavy (non-hydrogen) atoms. The third-order valence-electron chi connectivity index (χ3n) is 2.02. The first-order chi connectivity index (χ1) is 7.09. The van der Waals surface area contributed by atoms with E-state index in [1.807, 2.05) is 32.9 Å². The predicted molar refractivity (Wildman–Crippen MR) is 58.4 cm³/mol. The predicted octanol–water partition coefficient (Wildman–Crippen LogP) is 1.45. The molecule has 4 heteroatoms. The number of nitrogens with one attached hydrogen (secondary N) is 2. The van der Waals surface area contributed by atoms with E-state index in [2.05, 4.69) is 10.6 Å². The molecule has 0 saturated carbocycles. The molecule has 2 N–H and O–H groups in total. The minimum atomic E-state index is -0.0820. The Bertz CT molecular complexity index is 294. The van der Waals surface area contributed by atoms with E-state index in [1.54, 1.807) is 6.26 Å². The van der Waals surface area contributed by atoms with E-state index in [-0.39, 0.29) is 11.9 Å². The van der Waals surface area contributed by atoms with Crippen LogP contribution in [0.4, 0.5) is 0 Å². The molecule has 0 fully saturated rings. The van der Waals surface area contributed by atoms with E-state index in [9.17, 15) is 4.79 Å². The van der Waals surface area contributed by atoms with E-state index in [0.29, 0.717) is 12.6 Å². The van der Waals surface area contributed by atoms with Gasteiger partial charge in [-0.25, -0.2) is 0 Å². The van der Waals surface area contributed by atoms with Crippen LogP contribution in [0.2, 0.25) is 0 Å². The van der Waals surface area contributed by atoms with Crippen molar-refractivity contribution >= 4 is 5.91 Å². The Labute approximate surface area is 90.0 Å². The second kappa shape index (κ2) is 5.56. The van der Waals surface area contributed by atoms with E-state index < -0.39 is 0 Å². The normalized spacial score (nSPS) is 12.8. The zero-order chi connectivity index (χ0) is 11.3. The van der Waals surface area contributed by atoms with Crippen LogP contribution in [-0.4, -0.2) is 18.5 Å². The first-order valence-corrected chi connectivity index (χ1v) is 5.15. The molecule has 0 radical (unpaired) electrons. The Balaban J connectivity index is 2.32. The summed E-state index contributed by atoms with van der Waals surface area (Å²) >= 11 is 0. The van der Waals surface area contributed by atoms with Crippen molar-refractivity contribution in [2.24, 2.45) is 0 Å². The molecule has 0 saturated heterocycles. The number of hydrogen-bond donors (Lipinski definition) is 2. The van der Waals surface area contributed by atoms with Gasteiger partial charge in [0.25, 0.3) is 0 Å². The van der Waals surface area contributed by atoms with Crippen molar-refractivity contribution in [2.75, 3.05) is 6.54 Å². The maximum absolute atomic E-state index is 11.4. The Morgan fingerprint density at radius 2 is 2.20 bits per heavy atom. The van der Waals surface area contributed by atoms with Crippen LogP contribution in [0, 0.1) is 0 Å². The largest absolute Gasteiger partial charge is 0.467 e. The Kier molecular flexibility index (Phi) is 4.37. The van der Waals surface area contributed by atoms with Gasteiger partial charge in [-0.15, -0.1) is 0 Å². The van der Waals surface area contributed by atoms with Crippen molar-refractivity contribution in [3.05, 3.63) is 24.2 Å². The van der Waals surface area contributed by atoms with Crippen molar-refractivity contribution < 1.29 is 9.21 Å². The Hall–Kier alpha value is -1.29. The van der Waals surface area contributed by atoms with Gasteiger partial charge in [-0.3, -0.25) is 4.79 Å². The fraction of sp³-hybridized carbons (Fsp3) is 0.545. The molecule has 1 rings (SSSR count). The topological polar surface area (TPSA) is 54.3 Å². The SMILES string of the molecule is CC(C)NCC(=O)N[C@H](C)c1ccco1. The van der Waals surface area contributed by atoms with Crippen LogP contribution < -0.4 is 10.6 Å². The minimum Gasteiger partial charge on any atom is -0.467 e. The first-order valence-electron chi connectivity index (χ1n) is 5.15. The Morgan fingerprint density at radius 3 is 2.73 bits per heavy atom. The average molecular weight is 210 g/mol. The first kappa shape index (κ1) is 11.8. The minimum absolute atomic E-state index is 0.0207. The quantitative estimate of drug-likeness (QED) is 0.773. The van der Waals surface area contributed by atoms with Gasteiger partial charge in [0.15, 0.2) is 0 Å². The van der Waals surface area contributed by atoms with Gasteiger partial charge in [-0.1, -0.05) is 13.8 Å². The lowest BCUT2D eigenvalue weighted by atomic mass is 10.2. The zero-order valence-electron chi connectivity index (χ0n) is 9.41. The van der Waals surface area contributed by atoms with E-state index in [4.69, 9.17) is 4.42 Å². The van der Waals surface area contributed by atoms with Crippen molar-refractivity contribution in [1.29, 1.82) is 0 Å². The number of carbonyl (C=O) groups is 1. The van der Waals surface area contributed by atoms with Crippen LogP contribution in [0.1, 0.15) is 32.6 Å². The second-order valence-electron chi connectivity index (χ2n) is 3.84. The molecule has 1 aromatic heterocycles. The fourth-order valence-corrected chi connectivity index (χ4v) is 1.20. The molecule has 1 heterocycles. The van der Waals surface area contributed by atoms with Crippen molar-refractivity contribution in [1.82, 2.24) is 10.6 Å². The molecule has 0 aromatic carbocycles. The molecule has 0 aliphatic carbocycles. The standard InChI is InChI=1S/C11H18N2O2/c1-8(2)12-7-11(14)13-9(3)10-5-4-6-15-10/h4-6,8-9,12H,7H2,1-3H3,(H,13,14)/t9-/m1/s1. The number of carbonyl (C=O) groups excluding carboxylic acids is 1. The van der Waals surface area contributed by atoms with Gasteiger partial charge in [-0.05, 0) is 19.1 Å². The molecular weight excluding hydrogens is 192 g/mol. The monoisotopic (exact) mass is 210 g/mol. The van der Waals surface area contributed by atoms with Crippen molar-refractivity contribution in [3.63, 3.8) is 0 Å². The summed E-state index contributed by atoms with van der Waals surface area (Å²) in [5, 5.41) is 5.90. The smallest absolute Gasteiger partial charge is 0.234 e. The average Bonchev–Trinajstić information content (AvgIpc) is 2.67. The van der Waals surface area contributed by atoms with Gasteiger partial charge >= 0.3 is 0 Å². The molecule has 1 amide bonds. The summed E-state index contributed by atoms with van der Waals surface area (Å²) in [5.41, 5.74) is 0. The summed E-state index contributed by atoms with van der Waals surface area (Å²) in [5.74, 6) is 0.750. The summed E-state index contributed by atoms with van der Waals surface area (Å²) in [7, 11) is 0. The summed E-state index contributed by atoms with van der Waals surface area (Å²) in [6.45, 7) is 6.24. The van der Waals surface area contributed by atoms with Crippen LogP contribution in [-0.2, 0) is 4.79 Å². The lowest BCUT2D eigenvalue weighted by molar-refractivity contribution is -0.121. The molecular formula is C11H18N2O2. The summed E-state index contributed by atoms with van der Waals surface area (Å²) in [6.07, 6.45) is 1.60. The summed E-state index contributed by atoms with van der Waals surface area (Å²) in [6, 6.07) is 3.89. The molecule has 0 bridgehead atoms. The van der Waals surface area contributed by atoms with Gasteiger partial charge in [0.2, 0.25) is 5.91 Å². The lowest BCUT2D eigenvalue weighted by Gasteiger charge is -2.13. The van der Waals surface area contributed by atoms with Gasteiger partial charge in [-0.2, -0.15) is 0 Å². The lowest BCUT2D eigenvalue weighted by Crippen LogP contribution is -2.37. The molecule has 1 atom stereocenters. The van der Waals surface area contributed by atoms with Crippen LogP contribution >= 0.6 is 0 Å². The van der Waals surface area contributed by atoms with Gasteiger partial charge in [0.05, 0.1) is 18.8 Å². The van der Waals surface area contributed by atoms with E-state index in [0.717, 1.165) is 5.76 Å². The van der Waals surface area contributed by atoms with Gasteiger partial charge in [0.1, 0.15) is 5.76 Å². The van der Waals surface area contributed by atoms with Crippen LogP contribution in [0.3, 0.4) is 0 Å². The zero-order valence-corrected chi connectivity index (χ0v) is 9.41. The second-order valence-corrected chi connectivity index (χ2v) is 3.84. The molecule has 1 aromatic rings. The highest BCUT2D eigenvalue weighted by molar-refractivity contribution is 5.78. The van der Waals surface area contributed by atoms with Crippen LogP contribution in [0.15, 0.2) is 22.8 Å². The van der Waals surface area contributed by atoms with E-state index in [1.165, 1.54) is 0 Å². The van der Waals surface area contributed by atoms with Crippen LogP contribution in [0.5, 0.6) is 0 Å². The van der Waals surface area contributed by atoms with Crippen molar-refractivity contribution in [2.45, 2.75) is 32.9 Å². The highest BCUT2D eigenvalue weighted by Gasteiger charge is 2.11. The molecule has 4 nitrogen and oxygen atoms in total. The number of amides is 1. The number of hydrogen-bond acceptors (Lipinski definition) is 3. The van der Waals surface area contributed by atoms with Crippen molar-refractivity contribution in [3.8, 4) is 0 Å². The summed E-state index contributed by atoms with van der Waals surface area (Å²) in [4.78, 5) is 11.4. The molecule has 0 unspecified atom stereocenters. The molecule has 0 spiro atoms. The van der Waals surface area contributed by atoms with E-state index >= 15 is 0 Å². The van der Waals surface area contributed by atoms with Gasteiger partial charge in [0, 0.05) is 6.04 Å². The van der Waals surface area contributed by atoms with Gasteiger partial charge < -0.3 is 15.1 Å². The highest BCUT2D eigenvalue weighted by atomic mass is 16.3. The fourth-order valence-electron chi connectivity index (χ4n) is 1.20. The summed E-state index contributed by atoms with van der Waals surface area (Å²) < 4.78 is 5.19. The maximum atomic E-state index is 11.4. The molecule has 0 aliphatic heterocycles. The number of rotatable bonds is 5. The molecule has 0 aliphatic rings. The third-order valence-corrected chi connectivity index (χ3v) is 2.02. The third kappa shape index (κ3) is 4.16. The highest BCUT2D eigenvalue weighted by Crippen LogP contribution is 2.11. The molecule has 84 valence electrons. The van der Waals surface area contributed by atoms with Crippen LogP contribution in [0.25, 0.3) is 0 Å². The Morgan fingerprint density at radius 1 is 1.47 bits per heavy atom. The maximum Gasteiger partial charge on any atom is 0.234 e. The number of furan rings is 1.